The van der Waals surface area contributed by atoms with Crippen LogP contribution in [0.25, 0.3) is 0 Å². The molecule has 1 aliphatic heterocycles. The van der Waals surface area contributed by atoms with Crippen LogP contribution < -0.4 is 5.32 Å². The molecule has 3 nitrogen and oxygen atoms in total. The maximum atomic E-state index is 11.9. The number of hydrogen-bond donors (Lipinski definition) is 1. The van der Waals surface area contributed by atoms with E-state index in [1.54, 1.807) is 0 Å². The van der Waals surface area contributed by atoms with Gasteiger partial charge in [0, 0.05) is 25.1 Å². The molecule has 0 saturated carbocycles. The first kappa shape index (κ1) is 11.3. The summed E-state index contributed by atoms with van der Waals surface area (Å²) in [4.78, 5) is 11.9. The van der Waals surface area contributed by atoms with E-state index < -0.39 is 0 Å². The molecular weight excluding hydrogens is 202 g/mol. The van der Waals surface area contributed by atoms with Crippen LogP contribution in [0.4, 0.5) is 0 Å². The lowest BCUT2D eigenvalue weighted by atomic mass is 10.0. The van der Waals surface area contributed by atoms with E-state index in [-0.39, 0.29) is 11.9 Å². The second kappa shape index (κ2) is 5.23. The topological polar surface area (TPSA) is 38.3 Å². The van der Waals surface area contributed by atoms with Gasteiger partial charge in [-0.15, -0.1) is 0 Å². The summed E-state index contributed by atoms with van der Waals surface area (Å²) in [6.45, 7) is 4.38. The van der Waals surface area contributed by atoms with Gasteiger partial charge in [0.2, 0.25) is 0 Å². The Morgan fingerprint density at radius 3 is 2.81 bits per heavy atom. The predicted molar refractivity (Wildman–Crippen MR) is 62.7 cm³/mol. The molecule has 1 N–H and O–H groups in total. The van der Waals surface area contributed by atoms with Crippen LogP contribution in [0.2, 0.25) is 0 Å². The zero-order valence-corrected chi connectivity index (χ0v) is 9.53. The highest BCUT2D eigenvalue weighted by Crippen LogP contribution is 2.10. The molecule has 1 fully saturated rings. The standard InChI is InChI=1S/C13H17NO2/c1-10-2-4-11(5-3-10)13(15)8-12-9-14-6-7-16-12/h2-5,12,14H,6-9H2,1H3. The molecule has 16 heavy (non-hydrogen) atoms. The van der Waals surface area contributed by atoms with E-state index >= 15 is 0 Å². The van der Waals surface area contributed by atoms with E-state index in [1.165, 1.54) is 5.56 Å². The maximum absolute atomic E-state index is 11.9. The maximum Gasteiger partial charge on any atom is 0.165 e. The van der Waals surface area contributed by atoms with Crippen molar-refractivity contribution in [2.75, 3.05) is 19.7 Å². The lowest BCUT2D eigenvalue weighted by molar-refractivity contribution is 0.0240. The van der Waals surface area contributed by atoms with Gasteiger partial charge < -0.3 is 10.1 Å². The summed E-state index contributed by atoms with van der Waals surface area (Å²) in [7, 11) is 0. The van der Waals surface area contributed by atoms with Crippen molar-refractivity contribution >= 4 is 5.78 Å². The molecule has 1 aromatic carbocycles. The summed E-state index contributed by atoms with van der Waals surface area (Å²) in [5, 5.41) is 3.22. The average Bonchev–Trinajstić information content (AvgIpc) is 2.31. The molecule has 0 aliphatic carbocycles. The highest BCUT2D eigenvalue weighted by molar-refractivity contribution is 5.96. The van der Waals surface area contributed by atoms with Crippen molar-refractivity contribution in [3.05, 3.63) is 35.4 Å². The Bertz CT molecular complexity index is 353. The van der Waals surface area contributed by atoms with Crippen molar-refractivity contribution < 1.29 is 9.53 Å². The fourth-order valence-electron chi connectivity index (χ4n) is 1.81. The Balaban J connectivity index is 1.94. The molecule has 3 heteroatoms. The second-order valence-corrected chi connectivity index (χ2v) is 4.19. The van der Waals surface area contributed by atoms with Crippen LogP contribution >= 0.6 is 0 Å². The van der Waals surface area contributed by atoms with Crippen molar-refractivity contribution in [1.82, 2.24) is 5.32 Å². The molecule has 1 aromatic rings. The van der Waals surface area contributed by atoms with Gasteiger partial charge in [0.25, 0.3) is 0 Å². The van der Waals surface area contributed by atoms with E-state index in [1.807, 2.05) is 31.2 Å². The molecule has 1 unspecified atom stereocenters. The minimum Gasteiger partial charge on any atom is -0.375 e. The molecule has 1 saturated heterocycles. The molecule has 0 bridgehead atoms. The summed E-state index contributed by atoms with van der Waals surface area (Å²) < 4.78 is 5.51. The van der Waals surface area contributed by atoms with Gasteiger partial charge in [-0.05, 0) is 6.92 Å². The molecule has 2 rings (SSSR count). The number of carbonyl (C=O) groups excluding carboxylic acids is 1. The Morgan fingerprint density at radius 1 is 1.44 bits per heavy atom. The number of ketones is 1. The Labute approximate surface area is 95.8 Å². The summed E-state index contributed by atoms with van der Waals surface area (Å²) in [5.41, 5.74) is 1.95. The molecule has 0 spiro atoms. The number of hydrogen-bond acceptors (Lipinski definition) is 3. The number of ether oxygens (including phenoxy) is 1. The molecule has 0 amide bonds. The van der Waals surface area contributed by atoms with E-state index in [9.17, 15) is 4.79 Å². The fraction of sp³-hybridized carbons (Fsp3) is 0.462. The van der Waals surface area contributed by atoms with Gasteiger partial charge in [0.05, 0.1) is 12.7 Å². The van der Waals surface area contributed by atoms with Gasteiger partial charge in [-0.25, -0.2) is 0 Å². The van der Waals surface area contributed by atoms with E-state index in [0.29, 0.717) is 13.0 Å². The van der Waals surface area contributed by atoms with Gasteiger partial charge in [0.15, 0.2) is 5.78 Å². The van der Waals surface area contributed by atoms with Crippen molar-refractivity contribution in [3.8, 4) is 0 Å². The van der Waals surface area contributed by atoms with Gasteiger partial charge in [-0.1, -0.05) is 29.8 Å². The summed E-state index contributed by atoms with van der Waals surface area (Å²) in [6.07, 6.45) is 0.498. The summed E-state index contributed by atoms with van der Waals surface area (Å²) >= 11 is 0. The van der Waals surface area contributed by atoms with Crippen molar-refractivity contribution in [2.24, 2.45) is 0 Å². The highest BCUT2D eigenvalue weighted by atomic mass is 16.5. The minimum atomic E-state index is 0.0301. The van der Waals surface area contributed by atoms with Crippen LogP contribution in [-0.4, -0.2) is 31.6 Å². The Kier molecular flexibility index (Phi) is 3.70. The fourth-order valence-corrected chi connectivity index (χ4v) is 1.81. The first-order valence-electron chi connectivity index (χ1n) is 5.68. The number of benzene rings is 1. The van der Waals surface area contributed by atoms with Crippen molar-refractivity contribution in [3.63, 3.8) is 0 Å². The summed E-state index contributed by atoms with van der Waals surface area (Å²) in [5.74, 6) is 0.161. The van der Waals surface area contributed by atoms with Crippen LogP contribution in [-0.2, 0) is 4.74 Å². The molecule has 86 valence electrons. The lowest BCUT2D eigenvalue weighted by Crippen LogP contribution is -2.39. The van der Waals surface area contributed by atoms with Crippen LogP contribution in [0.3, 0.4) is 0 Å². The zero-order valence-electron chi connectivity index (χ0n) is 9.53. The molecule has 1 aliphatic rings. The third-order valence-electron chi connectivity index (χ3n) is 2.79. The largest absolute Gasteiger partial charge is 0.375 e. The lowest BCUT2D eigenvalue weighted by Gasteiger charge is -2.22. The van der Waals surface area contributed by atoms with E-state index in [0.717, 1.165) is 18.7 Å². The number of Topliss-reactive ketones (excluding diaryl/α,β-unsaturated/α-hetero) is 1. The van der Waals surface area contributed by atoms with Gasteiger partial charge in [0.1, 0.15) is 0 Å². The SMILES string of the molecule is Cc1ccc(C(=O)CC2CNCCO2)cc1. The number of nitrogens with one attached hydrogen (secondary N) is 1. The number of carbonyl (C=O) groups is 1. The second-order valence-electron chi connectivity index (χ2n) is 4.19. The van der Waals surface area contributed by atoms with Crippen LogP contribution in [0.5, 0.6) is 0 Å². The third kappa shape index (κ3) is 2.90. The summed E-state index contributed by atoms with van der Waals surface area (Å²) in [6, 6.07) is 7.70. The first-order chi connectivity index (χ1) is 7.75. The number of aryl methyl sites for hydroxylation is 1. The smallest absolute Gasteiger partial charge is 0.165 e. The first-order valence-corrected chi connectivity index (χ1v) is 5.68. The molecule has 0 aromatic heterocycles. The van der Waals surface area contributed by atoms with E-state index in [4.69, 9.17) is 4.74 Å². The van der Waals surface area contributed by atoms with Gasteiger partial charge in [-0.3, -0.25) is 4.79 Å². The average molecular weight is 219 g/mol. The molecule has 1 heterocycles. The quantitative estimate of drug-likeness (QED) is 0.784. The molecule has 0 radical (unpaired) electrons. The highest BCUT2D eigenvalue weighted by Gasteiger charge is 2.17. The number of rotatable bonds is 3. The van der Waals surface area contributed by atoms with Gasteiger partial charge in [-0.2, -0.15) is 0 Å². The van der Waals surface area contributed by atoms with Crippen molar-refractivity contribution in [1.29, 1.82) is 0 Å². The van der Waals surface area contributed by atoms with Crippen LogP contribution in [0.1, 0.15) is 22.3 Å². The normalized spacial score (nSPS) is 20.7. The molecule has 1 atom stereocenters. The minimum absolute atomic E-state index is 0.0301. The monoisotopic (exact) mass is 219 g/mol. The van der Waals surface area contributed by atoms with E-state index in [2.05, 4.69) is 5.32 Å². The van der Waals surface area contributed by atoms with Crippen LogP contribution in [0.15, 0.2) is 24.3 Å². The molecular formula is C13H17NO2. The Morgan fingerprint density at radius 2 is 2.19 bits per heavy atom. The third-order valence-corrected chi connectivity index (χ3v) is 2.79. The number of morpholine rings is 1. The van der Waals surface area contributed by atoms with Crippen LogP contribution in [0, 0.1) is 6.92 Å². The Hall–Kier alpha value is -1.19. The van der Waals surface area contributed by atoms with Crippen molar-refractivity contribution in [2.45, 2.75) is 19.4 Å². The van der Waals surface area contributed by atoms with Gasteiger partial charge >= 0.3 is 0 Å². The predicted octanol–water partition coefficient (Wildman–Crippen LogP) is 1.56. The zero-order chi connectivity index (χ0) is 11.4.